The number of pyridine rings is 1. The van der Waals surface area contributed by atoms with Gasteiger partial charge in [0.25, 0.3) is 5.56 Å². The number of nitrogens with one attached hydrogen (secondary N) is 1. The van der Waals surface area contributed by atoms with Crippen LogP contribution >= 0.6 is 11.6 Å². The molecule has 1 fully saturated rings. The molecule has 0 radical (unpaired) electrons. The van der Waals surface area contributed by atoms with Crippen LogP contribution in [-0.2, 0) is 0 Å². The van der Waals surface area contributed by atoms with Crippen LogP contribution in [0.15, 0.2) is 23.3 Å². The van der Waals surface area contributed by atoms with E-state index in [1.54, 1.807) is 23.9 Å². The van der Waals surface area contributed by atoms with Crippen LogP contribution < -0.4 is 10.9 Å². The van der Waals surface area contributed by atoms with E-state index in [1.165, 1.54) is 0 Å². The molecule has 0 amide bonds. The molecule has 1 aliphatic rings. The van der Waals surface area contributed by atoms with Crippen molar-refractivity contribution >= 4 is 17.3 Å². The van der Waals surface area contributed by atoms with Crippen molar-refractivity contribution in [2.45, 2.75) is 25.8 Å². The highest BCUT2D eigenvalue weighted by atomic mass is 35.5. The van der Waals surface area contributed by atoms with Gasteiger partial charge in [0.15, 0.2) is 0 Å². The standard InChI is InChI=1S/C13H15ClN4O/c1-8-12(7-18(16-8)10-3-4-10)17-6-9(14)5-11(15-2)13(17)19/h5-7,10,15H,3-4H2,1-2H3. The summed E-state index contributed by atoms with van der Waals surface area (Å²) in [5.74, 6) is 0. The second-order valence-electron chi connectivity index (χ2n) is 4.81. The molecule has 6 heteroatoms. The lowest BCUT2D eigenvalue weighted by Crippen LogP contribution is -2.20. The predicted octanol–water partition coefficient (Wildman–Crippen LogP) is 2.37. The minimum atomic E-state index is -0.120. The molecule has 2 aromatic heterocycles. The number of halogens is 1. The van der Waals surface area contributed by atoms with E-state index in [0.29, 0.717) is 16.8 Å². The smallest absolute Gasteiger partial charge is 0.278 e. The van der Waals surface area contributed by atoms with Crippen LogP contribution in [0.25, 0.3) is 5.69 Å². The van der Waals surface area contributed by atoms with Gasteiger partial charge in [0, 0.05) is 19.4 Å². The van der Waals surface area contributed by atoms with Crippen LogP contribution in [-0.4, -0.2) is 21.4 Å². The first kappa shape index (κ1) is 12.3. The van der Waals surface area contributed by atoms with Crippen LogP contribution in [0.2, 0.25) is 5.02 Å². The molecule has 0 atom stereocenters. The molecule has 1 N–H and O–H groups in total. The second kappa shape index (κ2) is 4.42. The Balaban J connectivity index is 2.15. The summed E-state index contributed by atoms with van der Waals surface area (Å²) in [7, 11) is 1.71. The summed E-state index contributed by atoms with van der Waals surface area (Å²) in [6, 6.07) is 2.12. The normalized spacial score (nSPS) is 14.7. The van der Waals surface area contributed by atoms with E-state index in [0.717, 1.165) is 24.2 Å². The molecule has 2 aromatic rings. The second-order valence-corrected chi connectivity index (χ2v) is 5.24. The summed E-state index contributed by atoms with van der Waals surface area (Å²) in [6.45, 7) is 1.90. The Bertz CT molecular complexity index is 684. The highest BCUT2D eigenvalue weighted by Gasteiger charge is 2.25. The maximum absolute atomic E-state index is 12.3. The summed E-state index contributed by atoms with van der Waals surface area (Å²) in [5, 5.41) is 7.85. The Morgan fingerprint density at radius 3 is 2.79 bits per heavy atom. The average molecular weight is 279 g/mol. The fourth-order valence-corrected chi connectivity index (χ4v) is 2.35. The first-order valence-electron chi connectivity index (χ1n) is 6.26. The van der Waals surface area contributed by atoms with Crippen LogP contribution in [0.5, 0.6) is 0 Å². The number of hydrogen-bond acceptors (Lipinski definition) is 3. The molecule has 2 heterocycles. The summed E-state index contributed by atoms with van der Waals surface area (Å²) in [5.41, 5.74) is 1.98. The van der Waals surface area contributed by atoms with Gasteiger partial charge in [-0.25, -0.2) is 0 Å². The highest BCUT2D eigenvalue weighted by molar-refractivity contribution is 6.30. The molecule has 3 rings (SSSR count). The van der Waals surface area contributed by atoms with Crippen molar-refractivity contribution in [2.75, 3.05) is 12.4 Å². The van der Waals surface area contributed by atoms with Crippen molar-refractivity contribution < 1.29 is 0 Å². The van der Waals surface area contributed by atoms with Crippen molar-refractivity contribution in [3.63, 3.8) is 0 Å². The summed E-state index contributed by atoms with van der Waals surface area (Å²) in [4.78, 5) is 12.3. The van der Waals surface area contributed by atoms with Crippen LogP contribution in [0.4, 0.5) is 5.69 Å². The predicted molar refractivity (Wildman–Crippen MR) is 75.4 cm³/mol. The van der Waals surface area contributed by atoms with Gasteiger partial charge in [-0.1, -0.05) is 11.6 Å². The first-order chi connectivity index (χ1) is 9.10. The zero-order valence-corrected chi connectivity index (χ0v) is 11.6. The van der Waals surface area contributed by atoms with Crippen molar-refractivity contribution in [1.82, 2.24) is 14.3 Å². The molecule has 100 valence electrons. The lowest BCUT2D eigenvalue weighted by atomic mass is 10.3. The molecule has 0 aromatic carbocycles. The molecule has 1 aliphatic carbocycles. The highest BCUT2D eigenvalue weighted by Crippen LogP contribution is 2.35. The van der Waals surface area contributed by atoms with E-state index in [4.69, 9.17) is 11.6 Å². The van der Waals surface area contributed by atoms with Gasteiger partial charge >= 0.3 is 0 Å². The third-order valence-corrected chi connectivity index (χ3v) is 3.53. The monoisotopic (exact) mass is 278 g/mol. The molecular weight excluding hydrogens is 264 g/mol. The van der Waals surface area contributed by atoms with E-state index in [-0.39, 0.29) is 5.56 Å². The first-order valence-corrected chi connectivity index (χ1v) is 6.64. The number of anilines is 1. The van der Waals surface area contributed by atoms with Gasteiger partial charge in [-0.2, -0.15) is 5.10 Å². The number of aromatic nitrogens is 3. The number of nitrogens with zero attached hydrogens (tertiary/aromatic N) is 3. The van der Waals surface area contributed by atoms with E-state index in [1.807, 2.05) is 17.8 Å². The molecule has 0 aliphatic heterocycles. The molecule has 0 saturated heterocycles. The molecule has 0 bridgehead atoms. The SMILES string of the molecule is CNc1cc(Cl)cn(-c2cn(C3CC3)nc2C)c1=O. The van der Waals surface area contributed by atoms with Gasteiger partial charge in [-0.05, 0) is 25.8 Å². The van der Waals surface area contributed by atoms with E-state index in [2.05, 4.69) is 10.4 Å². The maximum Gasteiger partial charge on any atom is 0.278 e. The Labute approximate surface area is 115 Å². The van der Waals surface area contributed by atoms with Crippen molar-refractivity contribution in [1.29, 1.82) is 0 Å². The largest absolute Gasteiger partial charge is 0.384 e. The Hall–Kier alpha value is -1.75. The van der Waals surface area contributed by atoms with Crippen LogP contribution in [0.1, 0.15) is 24.6 Å². The quantitative estimate of drug-likeness (QED) is 0.938. The maximum atomic E-state index is 12.3. The van der Waals surface area contributed by atoms with Crippen LogP contribution in [0, 0.1) is 6.92 Å². The van der Waals surface area contributed by atoms with E-state index in [9.17, 15) is 4.79 Å². The summed E-state index contributed by atoms with van der Waals surface area (Å²) >= 11 is 6.06. The number of rotatable bonds is 3. The van der Waals surface area contributed by atoms with Gasteiger partial charge in [0.1, 0.15) is 5.69 Å². The van der Waals surface area contributed by atoms with Gasteiger partial charge in [0.2, 0.25) is 0 Å². The van der Waals surface area contributed by atoms with E-state index >= 15 is 0 Å². The third kappa shape index (κ3) is 2.14. The Morgan fingerprint density at radius 2 is 2.16 bits per heavy atom. The fourth-order valence-electron chi connectivity index (χ4n) is 2.14. The number of aryl methyl sites for hydroxylation is 1. The van der Waals surface area contributed by atoms with Crippen molar-refractivity contribution in [3.8, 4) is 5.69 Å². The van der Waals surface area contributed by atoms with Gasteiger partial charge in [-0.15, -0.1) is 0 Å². The topological polar surface area (TPSA) is 51.9 Å². The third-order valence-electron chi connectivity index (χ3n) is 3.32. The Kier molecular flexibility index (Phi) is 2.86. The molecule has 0 unspecified atom stereocenters. The number of hydrogen-bond donors (Lipinski definition) is 1. The minimum Gasteiger partial charge on any atom is -0.384 e. The summed E-state index contributed by atoms with van der Waals surface area (Å²) in [6.07, 6.45) is 5.87. The van der Waals surface area contributed by atoms with E-state index < -0.39 is 0 Å². The zero-order valence-electron chi connectivity index (χ0n) is 10.9. The van der Waals surface area contributed by atoms with Crippen molar-refractivity contribution in [2.24, 2.45) is 0 Å². The molecule has 5 nitrogen and oxygen atoms in total. The average Bonchev–Trinajstić information content (AvgIpc) is 3.16. The molecule has 19 heavy (non-hydrogen) atoms. The van der Waals surface area contributed by atoms with Gasteiger partial charge in [-0.3, -0.25) is 14.0 Å². The zero-order chi connectivity index (χ0) is 13.6. The lowest BCUT2D eigenvalue weighted by molar-refractivity contribution is 0.635. The molecule has 1 saturated carbocycles. The van der Waals surface area contributed by atoms with Gasteiger partial charge in [0.05, 0.1) is 22.4 Å². The lowest BCUT2D eigenvalue weighted by Gasteiger charge is -2.07. The van der Waals surface area contributed by atoms with Crippen molar-refractivity contribution in [3.05, 3.63) is 39.5 Å². The Morgan fingerprint density at radius 1 is 1.42 bits per heavy atom. The summed E-state index contributed by atoms with van der Waals surface area (Å²) < 4.78 is 3.49. The molecular formula is C13H15ClN4O. The van der Waals surface area contributed by atoms with Gasteiger partial charge < -0.3 is 5.32 Å². The fraction of sp³-hybridized carbons (Fsp3) is 0.385. The minimum absolute atomic E-state index is 0.120. The molecule has 0 spiro atoms. The van der Waals surface area contributed by atoms with Crippen LogP contribution in [0.3, 0.4) is 0 Å².